The first kappa shape index (κ1) is 11.9. The molecule has 1 aliphatic heterocycles. The molecule has 17 heavy (non-hydrogen) atoms. The molecule has 0 aliphatic carbocycles. The lowest BCUT2D eigenvalue weighted by Gasteiger charge is -2.26. The summed E-state index contributed by atoms with van der Waals surface area (Å²) in [6, 6.07) is 3.88. The van der Waals surface area contributed by atoms with E-state index >= 15 is 0 Å². The lowest BCUT2D eigenvalue weighted by atomic mass is 10.1. The minimum atomic E-state index is 0.176. The van der Waals surface area contributed by atoms with Gasteiger partial charge in [-0.05, 0) is 37.8 Å². The zero-order valence-corrected chi connectivity index (χ0v) is 10.3. The number of carbonyl (C=O) groups is 1. The molecule has 1 fully saturated rings. The highest BCUT2D eigenvalue weighted by Crippen LogP contribution is 2.11. The van der Waals surface area contributed by atoms with Crippen molar-refractivity contribution in [1.82, 2.24) is 9.88 Å². The van der Waals surface area contributed by atoms with Gasteiger partial charge in [-0.15, -0.1) is 0 Å². The van der Waals surface area contributed by atoms with Gasteiger partial charge in [-0.3, -0.25) is 4.79 Å². The van der Waals surface area contributed by atoms with Gasteiger partial charge in [0.2, 0.25) is 5.91 Å². The molecule has 1 amide bonds. The standard InChI is InChI=1S/C13H19N3O/c1-11-6-5-7-14-13(11)15-10-12(17)16-8-3-2-4-9-16/h5-7H,2-4,8-10H2,1H3,(H,14,15). The molecular formula is C13H19N3O. The van der Waals surface area contributed by atoms with Crippen LogP contribution in [0.5, 0.6) is 0 Å². The largest absolute Gasteiger partial charge is 0.361 e. The summed E-state index contributed by atoms with van der Waals surface area (Å²) < 4.78 is 0. The number of carbonyl (C=O) groups excluding carboxylic acids is 1. The van der Waals surface area contributed by atoms with E-state index in [2.05, 4.69) is 10.3 Å². The molecule has 0 radical (unpaired) electrons. The van der Waals surface area contributed by atoms with E-state index in [1.165, 1.54) is 6.42 Å². The molecule has 2 rings (SSSR count). The van der Waals surface area contributed by atoms with Crippen LogP contribution in [0.3, 0.4) is 0 Å². The average molecular weight is 233 g/mol. The van der Waals surface area contributed by atoms with Crippen molar-refractivity contribution >= 4 is 11.7 Å². The highest BCUT2D eigenvalue weighted by Gasteiger charge is 2.16. The third kappa shape index (κ3) is 3.19. The summed E-state index contributed by atoms with van der Waals surface area (Å²) in [6.07, 6.45) is 5.25. The number of piperidine rings is 1. The molecule has 1 aromatic rings. The summed E-state index contributed by atoms with van der Waals surface area (Å²) in [5.74, 6) is 0.979. The maximum absolute atomic E-state index is 11.9. The molecule has 0 spiro atoms. The molecule has 4 nitrogen and oxygen atoms in total. The molecule has 0 bridgehead atoms. The highest BCUT2D eigenvalue weighted by molar-refractivity contribution is 5.80. The Labute approximate surface area is 102 Å². The van der Waals surface area contributed by atoms with E-state index < -0.39 is 0 Å². The van der Waals surface area contributed by atoms with Gasteiger partial charge >= 0.3 is 0 Å². The van der Waals surface area contributed by atoms with Crippen LogP contribution >= 0.6 is 0 Å². The van der Waals surface area contributed by atoms with Crippen molar-refractivity contribution in [2.24, 2.45) is 0 Å². The van der Waals surface area contributed by atoms with E-state index in [-0.39, 0.29) is 5.91 Å². The van der Waals surface area contributed by atoms with Crippen LogP contribution in [-0.2, 0) is 4.79 Å². The van der Waals surface area contributed by atoms with Gasteiger partial charge in [-0.25, -0.2) is 4.98 Å². The van der Waals surface area contributed by atoms with Crippen molar-refractivity contribution in [2.45, 2.75) is 26.2 Å². The predicted octanol–water partition coefficient (Wildman–Crippen LogP) is 1.81. The van der Waals surface area contributed by atoms with E-state index in [1.807, 2.05) is 24.0 Å². The van der Waals surface area contributed by atoms with Crippen LogP contribution in [0.25, 0.3) is 0 Å². The molecule has 1 N–H and O–H groups in total. The first-order valence-corrected chi connectivity index (χ1v) is 6.20. The number of amides is 1. The summed E-state index contributed by atoms with van der Waals surface area (Å²) in [5, 5.41) is 3.11. The van der Waals surface area contributed by atoms with Gasteiger partial charge < -0.3 is 10.2 Å². The Morgan fingerprint density at radius 3 is 2.88 bits per heavy atom. The maximum atomic E-state index is 11.9. The first-order valence-electron chi connectivity index (χ1n) is 6.20. The van der Waals surface area contributed by atoms with Crippen LogP contribution in [0.1, 0.15) is 24.8 Å². The molecule has 0 saturated carbocycles. The topological polar surface area (TPSA) is 45.2 Å². The molecule has 0 atom stereocenters. The smallest absolute Gasteiger partial charge is 0.241 e. The number of anilines is 1. The lowest BCUT2D eigenvalue weighted by molar-refractivity contribution is -0.130. The monoisotopic (exact) mass is 233 g/mol. The predicted molar refractivity (Wildman–Crippen MR) is 67.9 cm³/mol. The molecule has 4 heteroatoms. The Morgan fingerprint density at radius 2 is 2.18 bits per heavy atom. The molecule has 1 saturated heterocycles. The molecule has 0 unspecified atom stereocenters. The Balaban J connectivity index is 1.85. The highest BCUT2D eigenvalue weighted by atomic mass is 16.2. The van der Waals surface area contributed by atoms with Crippen molar-refractivity contribution in [2.75, 3.05) is 25.0 Å². The van der Waals surface area contributed by atoms with Crippen LogP contribution in [0.15, 0.2) is 18.3 Å². The van der Waals surface area contributed by atoms with E-state index in [4.69, 9.17) is 0 Å². The van der Waals surface area contributed by atoms with Crippen molar-refractivity contribution in [1.29, 1.82) is 0 Å². The second-order valence-electron chi connectivity index (χ2n) is 4.46. The van der Waals surface area contributed by atoms with Gasteiger partial charge in [0.1, 0.15) is 5.82 Å². The van der Waals surface area contributed by atoms with Crippen LogP contribution < -0.4 is 5.32 Å². The molecule has 0 aromatic carbocycles. The van der Waals surface area contributed by atoms with E-state index in [0.717, 1.165) is 37.3 Å². The maximum Gasteiger partial charge on any atom is 0.241 e. The Morgan fingerprint density at radius 1 is 1.41 bits per heavy atom. The third-order valence-corrected chi connectivity index (χ3v) is 3.13. The van der Waals surface area contributed by atoms with Crippen LogP contribution in [0, 0.1) is 6.92 Å². The quantitative estimate of drug-likeness (QED) is 0.866. The lowest BCUT2D eigenvalue weighted by Crippen LogP contribution is -2.39. The second kappa shape index (κ2) is 5.66. The number of nitrogens with one attached hydrogen (secondary N) is 1. The van der Waals surface area contributed by atoms with Crippen molar-refractivity contribution in [3.05, 3.63) is 23.9 Å². The summed E-state index contributed by atoms with van der Waals surface area (Å²) in [5.41, 5.74) is 1.07. The molecule has 1 aliphatic rings. The minimum Gasteiger partial charge on any atom is -0.361 e. The number of likely N-dealkylation sites (tertiary alicyclic amines) is 1. The van der Waals surface area contributed by atoms with E-state index in [9.17, 15) is 4.79 Å². The van der Waals surface area contributed by atoms with Crippen LogP contribution in [0.2, 0.25) is 0 Å². The van der Waals surface area contributed by atoms with Gasteiger partial charge in [0.15, 0.2) is 0 Å². The van der Waals surface area contributed by atoms with Crippen molar-refractivity contribution in [3.8, 4) is 0 Å². The fourth-order valence-corrected chi connectivity index (χ4v) is 2.09. The summed E-state index contributed by atoms with van der Waals surface area (Å²) >= 11 is 0. The van der Waals surface area contributed by atoms with Crippen molar-refractivity contribution < 1.29 is 4.79 Å². The zero-order chi connectivity index (χ0) is 12.1. The summed E-state index contributed by atoms with van der Waals surface area (Å²) in [4.78, 5) is 18.1. The summed E-state index contributed by atoms with van der Waals surface area (Å²) in [7, 11) is 0. The number of aromatic nitrogens is 1. The number of hydrogen-bond acceptors (Lipinski definition) is 3. The van der Waals surface area contributed by atoms with E-state index in [1.54, 1.807) is 6.20 Å². The molecule has 1 aromatic heterocycles. The molecular weight excluding hydrogens is 214 g/mol. The van der Waals surface area contributed by atoms with Gasteiger partial charge in [-0.2, -0.15) is 0 Å². The Bertz CT molecular complexity index is 386. The summed E-state index contributed by atoms with van der Waals surface area (Å²) in [6.45, 7) is 4.14. The number of aryl methyl sites for hydroxylation is 1. The third-order valence-electron chi connectivity index (χ3n) is 3.13. The minimum absolute atomic E-state index is 0.176. The van der Waals surface area contributed by atoms with Gasteiger partial charge in [0, 0.05) is 19.3 Å². The Kier molecular flexibility index (Phi) is 3.96. The first-order chi connectivity index (χ1) is 8.27. The second-order valence-corrected chi connectivity index (χ2v) is 4.46. The number of pyridine rings is 1. The fraction of sp³-hybridized carbons (Fsp3) is 0.538. The van der Waals surface area contributed by atoms with Crippen LogP contribution in [0.4, 0.5) is 5.82 Å². The molecule has 92 valence electrons. The van der Waals surface area contributed by atoms with Crippen LogP contribution in [-0.4, -0.2) is 35.4 Å². The number of rotatable bonds is 3. The van der Waals surface area contributed by atoms with Gasteiger partial charge in [0.25, 0.3) is 0 Å². The fourth-order valence-electron chi connectivity index (χ4n) is 2.09. The van der Waals surface area contributed by atoms with E-state index in [0.29, 0.717) is 6.54 Å². The normalized spacial score (nSPS) is 15.7. The molecule has 2 heterocycles. The van der Waals surface area contributed by atoms with Crippen molar-refractivity contribution in [3.63, 3.8) is 0 Å². The average Bonchev–Trinajstić information content (AvgIpc) is 2.38. The number of nitrogens with zero attached hydrogens (tertiary/aromatic N) is 2. The van der Waals surface area contributed by atoms with Gasteiger partial charge in [0.05, 0.1) is 6.54 Å². The van der Waals surface area contributed by atoms with Gasteiger partial charge in [-0.1, -0.05) is 6.07 Å². The Hall–Kier alpha value is -1.58. The SMILES string of the molecule is Cc1cccnc1NCC(=O)N1CCCCC1. The number of hydrogen-bond donors (Lipinski definition) is 1. The zero-order valence-electron chi connectivity index (χ0n) is 10.3.